The lowest BCUT2D eigenvalue weighted by molar-refractivity contribution is 0.0747. The zero-order valence-electron chi connectivity index (χ0n) is 19.2. The van der Waals surface area contributed by atoms with Crippen LogP contribution in [0.25, 0.3) is 0 Å². The number of aromatic nitrogens is 1. The Morgan fingerprint density at radius 1 is 0.909 bits per heavy atom. The number of rotatable bonds is 8. The van der Waals surface area contributed by atoms with Gasteiger partial charge in [-0.2, -0.15) is 0 Å². The van der Waals surface area contributed by atoms with Crippen molar-refractivity contribution in [2.75, 3.05) is 49.6 Å². The van der Waals surface area contributed by atoms with E-state index < -0.39 is 0 Å². The zero-order valence-corrected chi connectivity index (χ0v) is 19.2. The van der Waals surface area contributed by atoms with Crippen LogP contribution < -0.4 is 19.7 Å². The number of ether oxygens (including phenoxy) is 2. The SMILES string of the molecule is CCOc1ccc(Nc2ncccc2C(=O)N2CCN(c3ccccc3OCC)CC2)cc1. The molecule has 1 aromatic heterocycles. The van der Waals surface area contributed by atoms with Gasteiger partial charge in [-0.15, -0.1) is 0 Å². The van der Waals surface area contributed by atoms with Crippen molar-refractivity contribution in [2.45, 2.75) is 13.8 Å². The van der Waals surface area contributed by atoms with Crippen LogP contribution in [-0.4, -0.2) is 55.2 Å². The van der Waals surface area contributed by atoms with Crippen molar-refractivity contribution in [1.82, 2.24) is 9.88 Å². The summed E-state index contributed by atoms with van der Waals surface area (Å²) in [5.74, 6) is 2.23. The lowest BCUT2D eigenvalue weighted by Gasteiger charge is -2.36. The maximum atomic E-state index is 13.3. The molecule has 33 heavy (non-hydrogen) atoms. The fourth-order valence-corrected chi connectivity index (χ4v) is 3.93. The van der Waals surface area contributed by atoms with Crippen LogP contribution in [0.15, 0.2) is 66.9 Å². The predicted molar refractivity (Wildman–Crippen MR) is 131 cm³/mol. The highest BCUT2D eigenvalue weighted by Gasteiger charge is 2.25. The molecule has 2 heterocycles. The number of carbonyl (C=O) groups is 1. The third-order valence-electron chi connectivity index (χ3n) is 5.54. The maximum Gasteiger partial charge on any atom is 0.257 e. The number of hydrogen-bond donors (Lipinski definition) is 1. The summed E-state index contributed by atoms with van der Waals surface area (Å²) in [5, 5.41) is 3.28. The summed E-state index contributed by atoms with van der Waals surface area (Å²) < 4.78 is 11.3. The molecule has 4 rings (SSSR count). The Hall–Kier alpha value is -3.74. The van der Waals surface area contributed by atoms with Crippen molar-refractivity contribution in [2.24, 2.45) is 0 Å². The molecule has 7 nitrogen and oxygen atoms in total. The van der Waals surface area contributed by atoms with E-state index >= 15 is 0 Å². The highest BCUT2D eigenvalue weighted by Crippen LogP contribution is 2.29. The number of para-hydroxylation sites is 2. The topological polar surface area (TPSA) is 66.9 Å². The Bertz CT molecular complexity index is 1060. The minimum atomic E-state index is -0.0192. The lowest BCUT2D eigenvalue weighted by atomic mass is 10.1. The predicted octanol–water partition coefficient (Wildman–Crippen LogP) is 4.59. The molecular weight excluding hydrogens is 416 g/mol. The van der Waals surface area contributed by atoms with Crippen molar-refractivity contribution in [1.29, 1.82) is 0 Å². The van der Waals surface area contributed by atoms with Gasteiger partial charge in [-0.05, 0) is 62.4 Å². The summed E-state index contributed by atoms with van der Waals surface area (Å²) in [7, 11) is 0. The minimum Gasteiger partial charge on any atom is -0.494 e. The van der Waals surface area contributed by atoms with E-state index in [0.29, 0.717) is 37.7 Å². The Morgan fingerprint density at radius 3 is 2.36 bits per heavy atom. The number of benzene rings is 2. The largest absolute Gasteiger partial charge is 0.494 e. The van der Waals surface area contributed by atoms with Crippen LogP contribution in [0.4, 0.5) is 17.2 Å². The first-order valence-electron chi connectivity index (χ1n) is 11.4. The van der Waals surface area contributed by atoms with Gasteiger partial charge in [0.2, 0.25) is 0 Å². The fraction of sp³-hybridized carbons (Fsp3) is 0.308. The number of pyridine rings is 1. The van der Waals surface area contributed by atoms with Crippen LogP contribution >= 0.6 is 0 Å². The maximum absolute atomic E-state index is 13.3. The molecule has 172 valence electrons. The van der Waals surface area contributed by atoms with Crippen LogP contribution in [0, 0.1) is 0 Å². The van der Waals surface area contributed by atoms with Crippen molar-refractivity contribution in [3.8, 4) is 11.5 Å². The van der Waals surface area contributed by atoms with Gasteiger partial charge in [0.1, 0.15) is 17.3 Å². The number of nitrogens with one attached hydrogen (secondary N) is 1. The monoisotopic (exact) mass is 446 g/mol. The van der Waals surface area contributed by atoms with Gasteiger partial charge in [0.15, 0.2) is 0 Å². The molecule has 0 spiro atoms. The number of anilines is 3. The number of nitrogens with zero attached hydrogens (tertiary/aromatic N) is 3. The van der Waals surface area contributed by atoms with Gasteiger partial charge in [-0.25, -0.2) is 4.98 Å². The third-order valence-corrected chi connectivity index (χ3v) is 5.54. The fourth-order valence-electron chi connectivity index (χ4n) is 3.93. The summed E-state index contributed by atoms with van der Waals surface area (Å²) in [6, 6.07) is 19.3. The molecule has 0 atom stereocenters. The zero-order chi connectivity index (χ0) is 23.0. The molecule has 1 fully saturated rings. The van der Waals surface area contributed by atoms with Crippen molar-refractivity contribution >= 4 is 23.1 Å². The lowest BCUT2D eigenvalue weighted by Crippen LogP contribution is -2.49. The molecule has 0 bridgehead atoms. The van der Waals surface area contributed by atoms with Gasteiger partial charge >= 0.3 is 0 Å². The van der Waals surface area contributed by atoms with Gasteiger partial charge in [0, 0.05) is 38.1 Å². The number of amides is 1. The molecule has 0 saturated carbocycles. The highest BCUT2D eigenvalue weighted by atomic mass is 16.5. The molecule has 3 aromatic rings. The molecule has 0 aliphatic carbocycles. The molecular formula is C26H30N4O3. The Kier molecular flexibility index (Phi) is 7.29. The van der Waals surface area contributed by atoms with Gasteiger partial charge in [-0.1, -0.05) is 12.1 Å². The van der Waals surface area contributed by atoms with E-state index in [9.17, 15) is 4.79 Å². The minimum absolute atomic E-state index is 0.0192. The van der Waals surface area contributed by atoms with Gasteiger partial charge in [-0.3, -0.25) is 4.79 Å². The first kappa shape index (κ1) is 22.5. The molecule has 1 aliphatic rings. The van der Waals surface area contributed by atoms with Crippen LogP contribution in [0.5, 0.6) is 11.5 Å². The molecule has 2 aromatic carbocycles. The van der Waals surface area contributed by atoms with Crippen LogP contribution in [0.2, 0.25) is 0 Å². The first-order valence-corrected chi connectivity index (χ1v) is 11.4. The van der Waals surface area contributed by atoms with E-state index in [-0.39, 0.29) is 5.91 Å². The second kappa shape index (κ2) is 10.7. The van der Waals surface area contributed by atoms with Crippen LogP contribution in [0.1, 0.15) is 24.2 Å². The molecule has 7 heteroatoms. The third kappa shape index (κ3) is 5.37. The summed E-state index contributed by atoms with van der Waals surface area (Å²) in [5.41, 5.74) is 2.49. The number of hydrogen-bond acceptors (Lipinski definition) is 6. The van der Waals surface area contributed by atoms with Crippen molar-refractivity contribution < 1.29 is 14.3 Å². The van der Waals surface area contributed by atoms with Gasteiger partial charge in [0.05, 0.1) is 24.5 Å². The summed E-state index contributed by atoms with van der Waals surface area (Å²) in [6.45, 7) is 7.95. The van der Waals surface area contributed by atoms with Crippen molar-refractivity contribution in [3.63, 3.8) is 0 Å². The standard InChI is InChI=1S/C26H30N4O3/c1-3-32-21-13-11-20(12-14-21)28-25-22(8-7-15-27-25)26(31)30-18-16-29(17-19-30)23-9-5-6-10-24(23)33-4-2/h5-15H,3-4,16-19H2,1-2H3,(H,27,28). The highest BCUT2D eigenvalue weighted by molar-refractivity contribution is 5.99. The van der Waals surface area contributed by atoms with E-state index in [1.54, 1.807) is 12.3 Å². The Morgan fingerprint density at radius 2 is 1.64 bits per heavy atom. The van der Waals surface area contributed by atoms with Crippen molar-refractivity contribution in [3.05, 3.63) is 72.4 Å². The first-order chi connectivity index (χ1) is 16.2. The number of piperazine rings is 1. The van der Waals surface area contributed by atoms with E-state index in [2.05, 4.69) is 21.3 Å². The smallest absolute Gasteiger partial charge is 0.257 e. The van der Waals surface area contributed by atoms with E-state index in [4.69, 9.17) is 9.47 Å². The second-order valence-electron chi connectivity index (χ2n) is 7.66. The van der Waals surface area contributed by atoms with Crippen LogP contribution in [0.3, 0.4) is 0 Å². The van der Waals surface area contributed by atoms with Crippen LogP contribution in [-0.2, 0) is 0 Å². The average molecular weight is 447 g/mol. The normalized spacial score (nSPS) is 13.5. The number of carbonyl (C=O) groups excluding carboxylic acids is 1. The molecule has 1 amide bonds. The quantitative estimate of drug-likeness (QED) is 0.546. The second-order valence-corrected chi connectivity index (χ2v) is 7.66. The summed E-state index contributed by atoms with van der Waals surface area (Å²) >= 11 is 0. The molecule has 1 aliphatic heterocycles. The summed E-state index contributed by atoms with van der Waals surface area (Å²) in [4.78, 5) is 21.9. The molecule has 0 radical (unpaired) electrons. The summed E-state index contributed by atoms with van der Waals surface area (Å²) in [6.07, 6.45) is 1.69. The van der Waals surface area contributed by atoms with Gasteiger partial charge < -0.3 is 24.6 Å². The molecule has 0 unspecified atom stereocenters. The Labute approximate surface area is 195 Å². The molecule has 1 saturated heterocycles. The van der Waals surface area contributed by atoms with E-state index in [0.717, 1.165) is 36.0 Å². The molecule has 1 N–H and O–H groups in total. The van der Waals surface area contributed by atoms with Gasteiger partial charge in [0.25, 0.3) is 5.91 Å². The Balaban J connectivity index is 1.43. The average Bonchev–Trinajstić information content (AvgIpc) is 2.86. The van der Waals surface area contributed by atoms with E-state index in [1.165, 1.54) is 0 Å². The van der Waals surface area contributed by atoms with E-state index in [1.807, 2.05) is 67.3 Å².